The van der Waals surface area contributed by atoms with Crippen molar-refractivity contribution in [3.8, 4) is 0 Å². The van der Waals surface area contributed by atoms with E-state index in [-0.39, 0.29) is 30.7 Å². The third-order valence-corrected chi connectivity index (χ3v) is 3.90. The molecule has 0 aromatic carbocycles. The first-order chi connectivity index (χ1) is 9.21. The van der Waals surface area contributed by atoms with E-state index in [1.165, 1.54) is 18.7 Å². The molecule has 2 atom stereocenters. The molecule has 1 fully saturated rings. The van der Waals surface area contributed by atoms with Crippen molar-refractivity contribution in [1.82, 2.24) is 10.2 Å². The third-order valence-electron chi connectivity index (χ3n) is 3.90. The van der Waals surface area contributed by atoms with Gasteiger partial charge in [0.25, 0.3) is 0 Å². The lowest BCUT2D eigenvalue weighted by atomic mass is 10.0. The van der Waals surface area contributed by atoms with Gasteiger partial charge in [-0.15, -0.1) is 0 Å². The first-order valence-electron chi connectivity index (χ1n) is 7.03. The fraction of sp³-hybridized carbons (Fsp3) is 0.786. The van der Waals surface area contributed by atoms with Crippen molar-refractivity contribution in [3.05, 3.63) is 0 Å². The lowest BCUT2D eigenvalue weighted by Crippen LogP contribution is -2.53. The number of carbonyl (C=O) groups excluding carboxylic acids is 2. The molecule has 0 saturated heterocycles. The van der Waals surface area contributed by atoms with Crippen LogP contribution in [0.5, 0.6) is 0 Å². The van der Waals surface area contributed by atoms with Crippen LogP contribution in [0.15, 0.2) is 0 Å². The minimum absolute atomic E-state index is 0.00848. The molecule has 6 heteroatoms. The number of hydrogen-bond acceptors (Lipinski definition) is 3. The highest BCUT2D eigenvalue weighted by molar-refractivity contribution is 5.87. The highest BCUT2D eigenvalue weighted by Gasteiger charge is 2.39. The minimum Gasteiger partial charge on any atom is -0.480 e. The van der Waals surface area contributed by atoms with E-state index in [0.717, 1.165) is 6.42 Å². The van der Waals surface area contributed by atoms with Crippen LogP contribution in [0.1, 0.15) is 40.5 Å². The summed E-state index contributed by atoms with van der Waals surface area (Å²) >= 11 is 0. The van der Waals surface area contributed by atoms with E-state index < -0.39 is 11.5 Å². The maximum Gasteiger partial charge on any atom is 0.329 e. The molecule has 0 aromatic rings. The summed E-state index contributed by atoms with van der Waals surface area (Å²) in [4.78, 5) is 36.2. The maximum atomic E-state index is 12.1. The molecule has 0 radical (unpaired) electrons. The zero-order valence-corrected chi connectivity index (χ0v) is 12.6. The van der Waals surface area contributed by atoms with Crippen molar-refractivity contribution in [2.24, 2.45) is 11.8 Å². The van der Waals surface area contributed by atoms with Crippen LogP contribution in [0.2, 0.25) is 0 Å². The fourth-order valence-corrected chi connectivity index (χ4v) is 2.24. The van der Waals surface area contributed by atoms with Gasteiger partial charge in [-0.3, -0.25) is 9.59 Å². The highest BCUT2D eigenvalue weighted by atomic mass is 16.4. The average molecular weight is 284 g/mol. The van der Waals surface area contributed by atoms with Crippen molar-refractivity contribution >= 4 is 17.8 Å². The molecule has 0 aliphatic heterocycles. The first kappa shape index (κ1) is 16.5. The van der Waals surface area contributed by atoms with Crippen LogP contribution in [0.4, 0.5) is 0 Å². The number of carboxylic acids is 1. The van der Waals surface area contributed by atoms with Crippen molar-refractivity contribution in [1.29, 1.82) is 0 Å². The van der Waals surface area contributed by atoms with Gasteiger partial charge in [0.05, 0.1) is 0 Å². The Hall–Kier alpha value is -1.59. The van der Waals surface area contributed by atoms with Gasteiger partial charge in [-0.1, -0.05) is 6.92 Å². The quantitative estimate of drug-likeness (QED) is 0.726. The third kappa shape index (κ3) is 3.71. The minimum atomic E-state index is -1.24. The van der Waals surface area contributed by atoms with E-state index in [9.17, 15) is 14.4 Å². The zero-order chi connectivity index (χ0) is 15.5. The topological polar surface area (TPSA) is 86.7 Å². The Morgan fingerprint density at radius 2 is 1.90 bits per heavy atom. The maximum absolute atomic E-state index is 12.1. The predicted octanol–water partition coefficient (Wildman–Crippen LogP) is 0.860. The molecule has 0 spiro atoms. The number of nitrogens with one attached hydrogen (secondary N) is 1. The summed E-state index contributed by atoms with van der Waals surface area (Å²) in [6.45, 7) is 7.35. The van der Waals surface area contributed by atoms with E-state index in [0.29, 0.717) is 12.5 Å². The Bertz CT molecular complexity index is 406. The smallest absolute Gasteiger partial charge is 0.329 e. The standard InChI is InChI=1S/C14H24N2O4/c1-5-16(14(3,4)13(19)20)11(17)6-7-15-12(18)10-8-9(10)2/h9-10H,5-8H2,1-4H3,(H,15,18)(H,19,20). The zero-order valence-electron chi connectivity index (χ0n) is 12.6. The van der Waals surface area contributed by atoms with Gasteiger partial charge in [0.15, 0.2) is 0 Å². The van der Waals surface area contributed by atoms with Crippen LogP contribution in [0.25, 0.3) is 0 Å². The number of aliphatic carboxylic acids is 1. The van der Waals surface area contributed by atoms with Gasteiger partial charge in [0.1, 0.15) is 5.54 Å². The molecule has 2 amide bonds. The van der Waals surface area contributed by atoms with Crippen molar-refractivity contribution in [3.63, 3.8) is 0 Å². The van der Waals surface area contributed by atoms with E-state index in [4.69, 9.17) is 5.11 Å². The Morgan fingerprint density at radius 3 is 2.30 bits per heavy atom. The normalized spacial score (nSPS) is 21.2. The molecule has 1 rings (SSSR count). The molecule has 2 N–H and O–H groups in total. The molecule has 20 heavy (non-hydrogen) atoms. The van der Waals surface area contributed by atoms with Gasteiger partial charge in [-0.05, 0) is 33.1 Å². The molecule has 114 valence electrons. The number of hydrogen-bond donors (Lipinski definition) is 2. The number of rotatable bonds is 7. The molecular formula is C14H24N2O4. The van der Waals surface area contributed by atoms with Gasteiger partial charge in [0, 0.05) is 25.4 Å². The summed E-state index contributed by atoms with van der Waals surface area (Å²) in [5.74, 6) is -0.787. The van der Waals surface area contributed by atoms with Crippen LogP contribution < -0.4 is 5.32 Å². The van der Waals surface area contributed by atoms with Crippen molar-refractivity contribution in [2.45, 2.75) is 46.1 Å². The molecule has 6 nitrogen and oxygen atoms in total. The molecule has 2 unspecified atom stereocenters. The first-order valence-corrected chi connectivity index (χ1v) is 7.03. The Balaban J connectivity index is 2.44. The van der Waals surface area contributed by atoms with Gasteiger partial charge in [-0.2, -0.15) is 0 Å². The Kier molecular flexibility index (Phi) is 5.14. The molecule has 0 bridgehead atoms. The van der Waals surface area contributed by atoms with E-state index in [1.54, 1.807) is 6.92 Å². The van der Waals surface area contributed by atoms with Gasteiger partial charge >= 0.3 is 5.97 Å². The summed E-state index contributed by atoms with van der Waals surface area (Å²) in [5.41, 5.74) is -1.24. The molecule has 1 aliphatic carbocycles. The summed E-state index contributed by atoms with van der Waals surface area (Å²) in [6, 6.07) is 0. The fourth-order valence-electron chi connectivity index (χ4n) is 2.24. The summed E-state index contributed by atoms with van der Waals surface area (Å²) in [7, 11) is 0. The molecule has 1 aliphatic rings. The number of amides is 2. The Morgan fingerprint density at radius 1 is 1.35 bits per heavy atom. The molecule has 1 saturated carbocycles. The number of likely N-dealkylation sites (N-methyl/N-ethyl adjacent to an activating group) is 1. The SMILES string of the molecule is CCN(C(=O)CCNC(=O)C1CC1C)C(C)(C)C(=O)O. The lowest BCUT2D eigenvalue weighted by molar-refractivity contribution is -0.156. The van der Waals surface area contributed by atoms with Crippen LogP contribution in [0.3, 0.4) is 0 Å². The van der Waals surface area contributed by atoms with Gasteiger partial charge < -0.3 is 15.3 Å². The second-order valence-electron chi connectivity index (χ2n) is 5.86. The second kappa shape index (κ2) is 6.24. The number of carbonyl (C=O) groups is 3. The average Bonchev–Trinajstić information content (AvgIpc) is 3.06. The van der Waals surface area contributed by atoms with Gasteiger partial charge in [0.2, 0.25) is 11.8 Å². The molecular weight excluding hydrogens is 260 g/mol. The largest absolute Gasteiger partial charge is 0.480 e. The molecule has 0 heterocycles. The van der Waals surface area contributed by atoms with Crippen molar-refractivity contribution in [2.75, 3.05) is 13.1 Å². The van der Waals surface area contributed by atoms with Gasteiger partial charge in [-0.25, -0.2) is 4.79 Å². The van der Waals surface area contributed by atoms with Crippen LogP contribution in [0, 0.1) is 11.8 Å². The van der Waals surface area contributed by atoms with Crippen LogP contribution in [-0.4, -0.2) is 46.4 Å². The van der Waals surface area contributed by atoms with Crippen LogP contribution >= 0.6 is 0 Å². The van der Waals surface area contributed by atoms with Crippen LogP contribution in [-0.2, 0) is 14.4 Å². The number of nitrogens with zero attached hydrogens (tertiary/aromatic N) is 1. The summed E-state index contributed by atoms with van der Waals surface area (Å²) in [5, 5.41) is 11.9. The summed E-state index contributed by atoms with van der Waals surface area (Å²) in [6.07, 6.45) is 1.03. The summed E-state index contributed by atoms with van der Waals surface area (Å²) < 4.78 is 0. The number of carboxylic acid groups (broad SMARTS) is 1. The second-order valence-corrected chi connectivity index (χ2v) is 5.86. The van der Waals surface area contributed by atoms with Crippen molar-refractivity contribution < 1.29 is 19.5 Å². The Labute approximate surface area is 119 Å². The lowest BCUT2D eigenvalue weighted by Gasteiger charge is -2.34. The van der Waals surface area contributed by atoms with E-state index in [2.05, 4.69) is 5.32 Å². The van der Waals surface area contributed by atoms with E-state index in [1.807, 2.05) is 6.92 Å². The highest BCUT2D eigenvalue weighted by Crippen LogP contribution is 2.37. The van der Waals surface area contributed by atoms with E-state index >= 15 is 0 Å². The molecule has 0 aromatic heterocycles. The predicted molar refractivity (Wildman–Crippen MR) is 74.0 cm³/mol. The monoisotopic (exact) mass is 284 g/mol.